The molecule has 1 aliphatic rings. The molecule has 5 heteroatoms. The fourth-order valence-electron chi connectivity index (χ4n) is 2.03. The Morgan fingerprint density at radius 2 is 2.12 bits per heavy atom. The first-order valence-corrected chi connectivity index (χ1v) is 6.36. The van der Waals surface area contributed by atoms with Crippen molar-refractivity contribution < 1.29 is 5.11 Å². The van der Waals surface area contributed by atoms with E-state index in [0.717, 1.165) is 38.3 Å². The van der Waals surface area contributed by atoms with E-state index < -0.39 is 0 Å². The van der Waals surface area contributed by atoms with E-state index in [1.54, 1.807) is 0 Å². The molecular formula is C12H26IN3O. The van der Waals surface area contributed by atoms with Crippen LogP contribution in [0, 0.1) is 5.92 Å². The van der Waals surface area contributed by atoms with E-state index in [2.05, 4.69) is 36.4 Å². The molecule has 0 aromatic carbocycles. The minimum Gasteiger partial charge on any atom is -0.393 e. The van der Waals surface area contributed by atoms with Gasteiger partial charge in [0.2, 0.25) is 0 Å². The average molecular weight is 355 g/mol. The number of nitrogens with zero attached hydrogens (tertiary/aromatic N) is 1. The summed E-state index contributed by atoms with van der Waals surface area (Å²) >= 11 is 0. The number of nitrogens with one attached hydrogen (secondary N) is 2. The van der Waals surface area contributed by atoms with Gasteiger partial charge in [-0.25, -0.2) is 0 Å². The lowest BCUT2D eigenvalue weighted by atomic mass is 10.1. The van der Waals surface area contributed by atoms with Crippen molar-refractivity contribution in [3.63, 3.8) is 0 Å². The molecule has 0 radical (unpaired) electrons. The second-order valence-electron chi connectivity index (χ2n) is 4.78. The van der Waals surface area contributed by atoms with Crippen LogP contribution in [-0.2, 0) is 0 Å². The monoisotopic (exact) mass is 355 g/mol. The van der Waals surface area contributed by atoms with Gasteiger partial charge in [-0.1, -0.05) is 6.42 Å². The third-order valence-corrected chi connectivity index (χ3v) is 2.87. The van der Waals surface area contributed by atoms with E-state index in [0.29, 0.717) is 12.0 Å². The number of guanidine groups is 1. The molecule has 1 saturated carbocycles. The van der Waals surface area contributed by atoms with Gasteiger partial charge in [0.05, 0.1) is 6.10 Å². The molecular weight excluding hydrogens is 329 g/mol. The van der Waals surface area contributed by atoms with E-state index in [9.17, 15) is 5.11 Å². The Balaban J connectivity index is 0.00000256. The minimum absolute atomic E-state index is 0. The predicted octanol–water partition coefficient (Wildman–Crippen LogP) is 1.73. The molecule has 17 heavy (non-hydrogen) atoms. The fourth-order valence-corrected chi connectivity index (χ4v) is 2.03. The van der Waals surface area contributed by atoms with Crippen molar-refractivity contribution in [3.8, 4) is 0 Å². The van der Waals surface area contributed by atoms with Crippen LogP contribution in [0.3, 0.4) is 0 Å². The lowest BCUT2D eigenvalue weighted by Crippen LogP contribution is -2.41. The standard InChI is InChI=1S/C12H25N3O.HI/c1-4-13-12(15-9(2)3)14-8-10-6-5-7-11(10)16;/h9-11,16H,4-8H2,1-3H3,(H2,13,14,15);1H. The van der Waals surface area contributed by atoms with Gasteiger partial charge < -0.3 is 15.7 Å². The van der Waals surface area contributed by atoms with Crippen LogP contribution in [0.25, 0.3) is 0 Å². The second kappa shape index (κ2) is 8.97. The van der Waals surface area contributed by atoms with Gasteiger partial charge in [0.25, 0.3) is 0 Å². The van der Waals surface area contributed by atoms with E-state index in [1.807, 2.05) is 0 Å². The highest BCUT2D eigenvalue weighted by molar-refractivity contribution is 14.0. The number of aliphatic hydroxyl groups is 1. The molecule has 0 aromatic heterocycles. The summed E-state index contributed by atoms with van der Waals surface area (Å²) in [6, 6.07) is 0.381. The Labute approximate surface area is 122 Å². The highest BCUT2D eigenvalue weighted by Crippen LogP contribution is 2.25. The molecule has 102 valence electrons. The fraction of sp³-hybridized carbons (Fsp3) is 0.917. The second-order valence-corrected chi connectivity index (χ2v) is 4.78. The van der Waals surface area contributed by atoms with Crippen molar-refractivity contribution in [3.05, 3.63) is 0 Å². The molecule has 0 heterocycles. The van der Waals surface area contributed by atoms with Gasteiger partial charge in [-0.05, 0) is 33.6 Å². The van der Waals surface area contributed by atoms with Gasteiger partial charge in [0.1, 0.15) is 0 Å². The molecule has 1 rings (SSSR count). The predicted molar refractivity (Wildman–Crippen MR) is 83.0 cm³/mol. The lowest BCUT2D eigenvalue weighted by molar-refractivity contribution is 0.136. The third-order valence-electron chi connectivity index (χ3n) is 2.87. The Morgan fingerprint density at radius 1 is 1.41 bits per heavy atom. The Hall–Kier alpha value is -0.0400. The number of hydrogen-bond donors (Lipinski definition) is 3. The quantitative estimate of drug-likeness (QED) is 0.409. The lowest BCUT2D eigenvalue weighted by Gasteiger charge is -2.16. The molecule has 2 atom stereocenters. The summed E-state index contributed by atoms with van der Waals surface area (Å²) in [5, 5.41) is 16.2. The first kappa shape index (κ1) is 17.0. The highest BCUT2D eigenvalue weighted by atomic mass is 127. The van der Waals surface area contributed by atoms with Crippen LogP contribution in [0.1, 0.15) is 40.0 Å². The normalized spacial score (nSPS) is 24.6. The van der Waals surface area contributed by atoms with Crippen molar-refractivity contribution in [2.45, 2.75) is 52.2 Å². The molecule has 0 aliphatic heterocycles. The molecule has 0 amide bonds. The zero-order valence-corrected chi connectivity index (χ0v) is 13.4. The van der Waals surface area contributed by atoms with Gasteiger partial charge in [0, 0.05) is 25.0 Å². The van der Waals surface area contributed by atoms with Crippen molar-refractivity contribution in [2.75, 3.05) is 13.1 Å². The Morgan fingerprint density at radius 3 is 2.59 bits per heavy atom. The van der Waals surface area contributed by atoms with Crippen molar-refractivity contribution >= 4 is 29.9 Å². The van der Waals surface area contributed by atoms with Crippen molar-refractivity contribution in [1.82, 2.24) is 10.6 Å². The number of halogens is 1. The molecule has 3 N–H and O–H groups in total. The van der Waals surface area contributed by atoms with Crippen LogP contribution in [0.4, 0.5) is 0 Å². The summed E-state index contributed by atoms with van der Waals surface area (Å²) < 4.78 is 0. The van der Waals surface area contributed by atoms with Gasteiger partial charge >= 0.3 is 0 Å². The summed E-state index contributed by atoms with van der Waals surface area (Å²) in [6.07, 6.45) is 3.03. The number of aliphatic hydroxyl groups excluding tert-OH is 1. The van der Waals surface area contributed by atoms with Gasteiger partial charge in [0.15, 0.2) is 5.96 Å². The maximum atomic E-state index is 9.70. The summed E-state index contributed by atoms with van der Waals surface area (Å²) in [5.74, 6) is 1.21. The smallest absolute Gasteiger partial charge is 0.191 e. The average Bonchev–Trinajstić information content (AvgIpc) is 2.60. The summed E-state index contributed by atoms with van der Waals surface area (Å²) in [7, 11) is 0. The number of rotatable bonds is 4. The number of hydrogen-bond acceptors (Lipinski definition) is 2. The molecule has 4 nitrogen and oxygen atoms in total. The molecule has 1 fully saturated rings. The van der Waals surface area contributed by atoms with Crippen LogP contribution < -0.4 is 10.6 Å². The maximum absolute atomic E-state index is 9.70. The molecule has 0 bridgehead atoms. The van der Waals surface area contributed by atoms with Crippen LogP contribution in [0.2, 0.25) is 0 Å². The van der Waals surface area contributed by atoms with Crippen LogP contribution in [-0.4, -0.2) is 36.3 Å². The minimum atomic E-state index is -0.148. The summed E-state index contributed by atoms with van der Waals surface area (Å²) in [4.78, 5) is 4.52. The Bertz CT molecular complexity index is 234. The van der Waals surface area contributed by atoms with E-state index in [-0.39, 0.29) is 30.1 Å². The maximum Gasteiger partial charge on any atom is 0.191 e. The molecule has 0 aromatic rings. The molecule has 0 spiro atoms. The van der Waals surface area contributed by atoms with Crippen molar-refractivity contribution in [2.24, 2.45) is 10.9 Å². The topological polar surface area (TPSA) is 56.7 Å². The van der Waals surface area contributed by atoms with E-state index in [4.69, 9.17) is 0 Å². The summed E-state index contributed by atoms with van der Waals surface area (Å²) in [5.41, 5.74) is 0. The molecule has 1 aliphatic carbocycles. The van der Waals surface area contributed by atoms with Crippen molar-refractivity contribution in [1.29, 1.82) is 0 Å². The van der Waals surface area contributed by atoms with Gasteiger partial charge in [-0.2, -0.15) is 0 Å². The summed E-state index contributed by atoms with van der Waals surface area (Å²) in [6.45, 7) is 7.84. The highest BCUT2D eigenvalue weighted by Gasteiger charge is 2.24. The van der Waals surface area contributed by atoms with Gasteiger partial charge in [-0.3, -0.25) is 4.99 Å². The zero-order valence-electron chi connectivity index (χ0n) is 11.1. The number of aliphatic imine (C=N–C) groups is 1. The first-order valence-electron chi connectivity index (χ1n) is 6.36. The Kier molecular flexibility index (Phi) is 8.94. The van der Waals surface area contributed by atoms with Crippen LogP contribution >= 0.6 is 24.0 Å². The van der Waals surface area contributed by atoms with E-state index in [1.165, 1.54) is 0 Å². The van der Waals surface area contributed by atoms with Crippen LogP contribution in [0.15, 0.2) is 4.99 Å². The zero-order chi connectivity index (χ0) is 12.0. The SMILES string of the molecule is CCNC(=NCC1CCCC1O)NC(C)C.I. The largest absolute Gasteiger partial charge is 0.393 e. The molecule has 2 unspecified atom stereocenters. The van der Waals surface area contributed by atoms with E-state index >= 15 is 0 Å². The first-order chi connectivity index (χ1) is 7.63. The van der Waals surface area contributed by atoms with Crippen LogP contribution in [0.5, 0.6) is 0 Å². The van der Waals surface area contributed by atoms with Gasteiger partial charge in [-0.15, -0.1) is 24.0 Å². The molecule has 0 saturated heterocycles. The third kappa shape index (κ3) is 6.45.